The molecule has 0 atom stereocenters. The van der Waals surface area contributed by atoms with Gasteiger partial charge in [-0.1, -0.05) is 0 Å². The Morgan fingerprint density at radius 2 is 1.84 bits per heavy atom. The molecule has 19 heavy (non-hydrogen) atoms. The first-order chi connectivity index (χ1) is 9.26. The predicted octanol–water partition coefficient (Wildman–Crippen LogP) is 0.879. The van der Waals surface area contributed by atoms with Crippen molar-refractivity contribution in [1.82, 2.24) is 20.2 Å². The Kier molecular flexibility index (Phi) is 2.42. The van der Waals surface area contributed by atoms with Crippen LogP contribution >= 0.6 is 0 Å². The van der Waals surface area contributed by atoms with Gasteiger partial charge in [-0.05, 0) is 55.8 Å². The highest BCUT2D eigenvalue weighted by molar-refractivity contribution is 5.90. The Hall–Kier alpha value is -1.43. The lowest BCUT2D eigenvalue weighted by molar-refractivity contribution is -0.0299. The number of hydrogen-bond donors (Lipinski definition) is 2. The molecule has 6 nitrogen and oxygen atoms in total. The van der Waals surface area contributed by atoms with E-state index in [9.17, 15) is 4.79 Å². The minimum atomic E-state index is -0.341. The Bertz CT molecular complexity index is 483. The standard InChI is InChI=1S/C13H19N5O/c14-16-13(19)12-17-15-6-18(12)11-9-2-7-1-8(4-9)5-10(11)3-7/h6-11H,1-5,14H2,(H,16,19). The summed E-state index contributed by atoms with van der Waals surface area (Å²) in [5.74, 6) is 8.47. The van der Waals surface area contributed by atoms with Crippen molar-refractivity contribution >= 4 is 5.91 Å². The number of carbonyl (C=O) groups is 1. The molecule has 1 aromatic heterocycles. The number of amides is 1. The summed E-state index contributed by atoms with van der Waals surface area (Å²) in [5, 5.41) is 7.86. The molecule has 0 saturated heterocycles. The molecule has 1 amide bonds. The lowest BCUT2D eigenvalue weighted by Gasteiger charge is -2.54. The number of hydrogen-bond acceptors (Lipinski definition) is 4. The zero-order valence-corrected chi connectivity index (χ0v) is 10.8. The third-order valence-electron chi connectivity index (χ3n) is 5.41. The number of aromatic nitrogens is 3. The number of carbonyl (C=O) groups excluding carboxylic acids is 1. The maximum Gasteiger partial charge on any atom is 0.303 e. The third kappa shape index (κ3) is 1.62. The fraction of sp³-hybridized carbons (Fsp3) is 0.769. The van der Waals surface area contributed by atoms with Crippen molar-refractivity contribution in [3.8, 4) is 0 Å². The van der Waals surface area contributed by atoms with E-state index in [0.29, 0.717) is 23.7 Å². The van der Waals surface area contributed by atoms with Gasteiger partial charge in [0.15, 0.2) is 0 Å². The summed E-state index contributed by atoms with van der Waals surface area (Å²) in [6.45, 7) is 0. The zero-order chi connectivity index (χ0) is 13.0. The fourth-order valence-electron chi connectivity index (χ4n) is 5.04. The Morgan fingerprint density at radius 3 is 2.42 bits per heavy atom. The van der Waals surface area contributed by atoms with Crippen LogP contribution < -0.4 is 11.3 Å². The van der Waals surface area contributed by atoms with Gasteiger partial charge in [0, 0.05) is 6.04 Å². The van der Waals surface area contributed by atoms with Crippen molar-refractivity contribution in [2.45, 2.75) is 38.1 Å². The maximum atomic E-state index is 11.8. The molecule has 4 saturated carbocycles. The molecule has 0 aromatic carbocycles. The van der Waals surface area contributed by atoms with Crippen LogP contribution in [0.1, 0.15) is 48.8 Å². The van der Waals surface area contributed by atoms with Crippen molar-refractivity contribution in [3.05, 3.63) is 12.2 Å². The predicted molar refractivity (Wildman–Crippen MR) is 67.8 cm³/mol. The highest BCUT2D eigenvalue weighted by atomic mass is 16.2. The zero-order valence-electron chi connectivity index (χ0n) is 10.8. The molecule has 1 heterocycles. The molecule has 102 valence electrons. The second-order valence-corrected chi connectivity index (χ2v) is 6.46. The maximum absolute atomic E-state index is 11.8. The van der Waals surface area contributed by atoms with Gasteiger partial charge in [0.25, 0.3) is 0 Å². The van der Waals surface area contributed by atoms with Crippen LogP contribution in [0.25, 0.3) is 0 Å². The van der Waals surface area contributed by atoms with Crippen molar-refractivity contribution in [1.29, 1.82) is 0 Å². The topological polar surface area (TPSA) is 85.8 Å². The van der Waals surface area contributed by atoms with Gasteiger partial charge in [-0.15, -0.1) is 10.2 Å². The molecular formula is C13H19N5O. The Morgan fingerprint density at radius 1 is 1.21 bits per heavy atom. The molecule has 0 radical (unpaired) electrons. The lowest BCUT2D eigenvalue weighted by Crippen LogP contribution is -2.46. The minimum Gasteiger partial charge on any atom is -0.306 e. The van der Waals surface area contributed by atoms with Crippen molar-refractivity contribution in [3.63, 3.8) is 0 Å². The minimum absolute atomic E-state index is 0.341. The normalized spacial score (nSPS) is 39.5. The average molecular weight is 261 g/mol. The van der Waals surface area contributed by atoms with Gasteiger partial charge in [0.1, 0.15) is 6.33 Å². The van der Waals surface area contributed by atoms with E-state index < -0.39 is 0 Å². The summed E-state index contributed by atoms with van der Waals surface area (Å²) >= 11 is 0. The molecule has 4 aliphatic rings. The van der Waals surface area contributed by atoms with Gasteiger partial charge < -0.3 is 4.57 Å². The highest BCUT2D eigenvalue weighted by Gasteiger charge is 2.49. The molecule has 0 spiro atoms. The third-order valence-corrected chi connectivity index (χ3v) is 5.41. The van der Waals surface area contributed by atoms with E-state index >= 15 is 0 Å². The van der Waals surface area contributed by atoms with Crippen LogP contribution in [0.3, 0.4) is 0 Å². The van der Waals surface area contributed by atoms with E-state index in [-0.39, 0.29) is 5.91 Å². The van der Waals surface area contributed by atoms with Crippen LogP contribution in [0.2, 0.25) is 0 Å². The molecule has 4 aliphatic carbocycles. The first-order valence-corrected chi connectivity index (χ1v) is 7.16. The highest BCUT2D eigenvalue weighted by Crippen LogP contribution is 2.58. The van der Waals surface area contributed by atoms with Gasteiger partial charge in [-0.25, -0.2) is 5.84 Å². The molecule has 6 heteroatoms. The summed E-state index contributed by atoms with van der Waals surface area (Å²) in [7, 11) is 0. The quantitative estimate of drug-likeness (QED) is 0.470. The van der Waals surface area contributed by atoms with Crippen molar-refractivity contribution in [2.24, 2.45) is 29.5 Å². The molecule has 4 bridgehead atoms. The molecular weight excluding hydrogens is 242 g/mol. The second-order valence-electron chi connectivity index (χ2n) is 6.46. The molecule has 3 N–H and O–H groups in total. The number of nitrogens with one attached hydrogen (secondary N) is 1. The van der Waals surface area contributed by atoms with Crippen molar-refractivity contribution in [2.75, 3.05) is 0 Å². The van der Waals surface area contributed by atoms with Gasteiger partial charge in [-0.3, -0.25) is 10.2 Å². The summed E-state index contributed by atoms with van der Waals surface area (Å²) in [5.41, 5.74) is 2.17. The van der Waals surface area contributed by atoms with Gasteiger partial charge >= 0.3 is 5.91 Å². The molecule has 1 aromatic rings. The van der Waals surface area contributed by atoms with Crippen LogP contribution in [-0.4, -0.2) is 20.7 Å². The van der Waals surface area contributed by atoms with Gasteiger partial charge in [0.05, 0.1) is 0 Å². The van der Waals surface area contributed by atoms with Gasteiger partial charge in [-0.2, -0.15) is 0 Å². The molecule has 4 fully saturated rings. The largest absolute Gasteiger partial charge is 0.306 e. The number of nitrogen functional groups attached to an aromatic ring is 1. The lowest BCUT2D eigenvalue weighted by atomic mass is 9.54. The van der Waals surface area contributed by atoms with E-state index in [4.69, 9.17) is 5.84 Å². The first kappa shape index (κ1) is 11.4. The summed E-state index contributed by atoms with van der Waals surface area (Å²) in [4.78, 5) is 11.8. The van der Waals surface area contributed by atoms with E-state index in [0.717, 1.165) is 11.8 Å². The number of nitrogens with two attached hydrogens (primary N) is 1. The van der Waals surface area contributed by atoms with Gasteiger partial charge in [0.2, 0.25) is 5.82 Å². The van der Waals surface area contributed by atoms with Crippen LogP contribution in [0.4, 0.5) is 0 Å². The van der Waals surface area contributed by atoms with Crippen LogP contribution in [0, 0.1) is 23.7 Å². The summed E-state index contributed by atoms with van der Waals surface area (Å²) in [6, 6.07) is 0.398. The molecule has 0 aliphatic heterocycles. The smallest absolute Gasteiger partial charge is 0.303 e. The van der Waals surface area contributed by atoms with Crippen molar-refractivity contribution < 1.29 is 4.79 Å². The van der Waals surface area contributed by atoms with E-state index in [2.05, 4.69) is 15.6 Å². The van der Waals surface area contributed by atoms with Crippen LogP contribution in [0.5, 0.6) is 0 Å². The SMILES string of the molecule is NNC(=O)c1nncn1C1C2CC3CC(C2)CC1C3. The average Bonchev–Trinajstić information content (AvgIpc) is 2.85. The van der Waals surface area contributed by atoms with E-state index in [1.54, 1.807) is 6.33 Å². The summed E-state index contributed by atoms with van der Waals surface area (Å²) < 4.78 is 1.98. The second kappa shape index (κ2) is 4.03. The van der Waals surface area contributed by atoms with E-state index in [1.165, 1.54) is 32.1 Å². The van der Waals surface area contributed by atoms with Crippen LogP contribution in [-0.2, 0) is 0 Å². The monoisotopic (exact) mass is 261 g/mol. The number of rotatable bonds is 2. The van der Waals surface area contributed by atoms with Crippen LogP contribution in [0.15, 0.2) is 6.33 Å². The Labute approximate surface area is 111 Å². The Balaban J connectivity index is 1.69. The van der Waals surface area contributed by atoms with E-state index in [1.807, 2.05) is 4.57 Å². The fourth-order valence-corrected chi connectivity index (χ4v) is 5.04. The number of nitrogens with zero attached hydrogens (tertiary/aromatic N) is 3. The molecule has 5 rings (SSSR count). The first-order valence-electron chi connectivity index (χ1n) is 7.16. The summed E-state index contributed by atoms with van der Waals surface area (Å²) in [6.07, 6.45) is 8.35. The number of hydrazine groups is 1. The molecule has 0 unspecified atom stereocenters.